The van der Waals surface area contributed by atoms with Gasteiger partial charge in [0.25, 0.3) is 5.91 Å². The van der Waals surface area contributed by atoms with E-state index < -0.39 is 12.0 Å². The number of amides is 3. The van der Waals surface area contributed by atoms with Gasteiger partial charge in [-0.15, -0.1) is 6.58 Å². The van der Waals surface area contributed by atoms with Crippen molar-refractivity contribution in [2.24, 2.45) is 4.99 Å². The summed E-state index contributed by atoms with van der Waals surface area (Å²) in [4.78, 5) is 40.3. The highest BCUT2D eigenvalue weighted by Gasteiger charge is 2.31. The highest BCUT2D eigenvalue weighted by molar-refractivity contribution is 6.46. The van der Waals surface area contributed by atoms with Gasteiger partial charge in [0.2, 0.25) is 0 Å². The summed E-state index contributed by atoms with van der Waals surface area (Å²) in [7, 11) is 0. The predicted molar refractivity (Wildman–Crippen MR) is 121 cm³/mol. The van der Waals surface area contributed by atoms with Gasteiger partial charge >= 0.3 is 6.03 Å². The molecule has 0 atom stereocenters. The van der Waals surface area contributed by atoms with Crippen molar-refractivity contribution in [3.63, 3.8) is 0 Å². The van der Waals surface area contributed by atoms with Gasteiger partial charge in [0, 0.05) is 18.5 Å². The van der Waals surface area contributed by atoms with Gasteiger partial charge in [0.15, 0.2) is 11.5 Å². The molecule has 172 valence electrons. The fourth-order valence-electron chi connectivity index (χ4n) is 3.51. The molecule has 33 heavy (non-hydrogen) atoms. The van der Waals surface area contributed by atoms with Crippen molar-refractivity contribution in [2.75, 3.05) is 13.2 Å². The Balaban J connectivity index is 1.87. The second-order valence-electron chi connectivity index (χ2n) is 7.35. The lowest BCUT2D eigenvalue weighted by atomic mass is 10.0. The van der Waals surface area contributed by atoms with Crippen molar-refractivity contribution in [3.8, 4) is 11.5 Å². The summed E-state index contributed by atoms with van der Waals surface area (Å²) in [5.74, 6) is -0.580. The van der Waals surface area contributed by atoms with Crippen LogP contribution < -0.4 is 14.6 Å². The van der Waals surface area contributed by atoms with Crippen molar-refractivity contribution in [2.45, 2.75) is 33.3 Å². The Morgan fingerprint density at radius 2 is 1.85 bits per heavy atom. The molecule has 2 aromatic rings. The molecule has 3 amide bonds. The van der Waals surface area contributed by atoms with Gasteiger partial charge in [-0.3, -0.25) is 9.69 Å². The monoisotopic (exact) mass is 449 g/mol. The highest BCUT2D eigenvalue weighted by Crippen LogP contribution is 2.35. The largest absolute Gasteiger partial charge is 0.545 e. The molecule has 1 aliphatic heterocycles. The molecule has 0 radical (unpaired) electrons. The van der Waals surface area contributed by atoms with Crippen LogP contribution in [0.2, 0.25) is 0 Å². The van der Waals surface area contributed by atoms with E-state index in [2.05, 4.69) is 11.6 Å². The van der Waals surface area contributed by atoms with Gasteiger partial charge < -0.3 is 19.4 Å². The number of carbonyl (C=O) groups excluding carboxylic acids is 3. The molecular formula is C25H25N2O6-. The first kappa shape index (κ1) is 23.7. The van der Waals surface area contributed by atoms with Crippen LogP contribution >= 0.6 is 0 Å². The first-order valence-corrected chi connectivity index (χ1v) is 10.6. The molecule has 0 saturated heterocycles. The summed E-state index contributed by atoms with van der Waals surface area (Å²) in [5, 5.41) is 10.9. The van der Waals surface area contributed by atoms with E-state index in [1.165, 1.54) is 12.1 Å². The SMILES string of the molecule is C=CCc1cc(CC2=NC(=O)N(CC)C2=O)cc(OCC)c1OCc1ccc(C(=O)[O-])cc1. The lowest BCUT2D eigenvalue weighted by Crippen LogP contribution is -2.32. The molecule has 0 fully saturated rings. The third-order valence-electron chi connectivity index (χ3n) is 5.07. The Morgan fingerprint density at radius 3 is 2.42 bits per heavy atom. The van der Waals surface area contributed by atoms with E-state index in [1.54, 1.807) is 31.2 Å². The minimum atomic E-state index is -1.24. The van der Waals surface area contributed by atoms with E-state index in [1.807, 2.05) is 13.0 Å². The minimum Gasteiger partial charge on any atom is -0.545 e. The average molecular weight is 449 g/mol. The van der Waals surface area contributed by atoms with Gasteiger partial charge in [-0.25, -0.2) is 4.79 Å². The molecule has 0 aliphatic carbocycles. The Bertz CT molecular complexity index is 1100. The second-order valence-corrected chi connectivity index (χ2v) is 7.35. The minimum absolute atomic E-state index is 0.0925. The highest BCUT2D eigenvalue weighted by atomic mass is 16.5. The van der Waals surface area contributed by atoms with E-state index in [0.717, 1.165) is 21.6 Å². The topological polar surface area (TPSA) is 108 Å². The summed E-state index contributed by atoms with van der Waals surface area (Å²) in [6.07, 6.45) is 2.42. The molecule has 0 saturated carbocycles. The standard InChI is InChI=1S/C25H26N2O6/c1-4-7-19-12-17(13-20-23(28)27(5-2)25(31)26-20)14-21(32-6-3)22(19)33-15-16-8-10-18(11-9-16)24(29)30/h4,8-12,14H,1,5-7,13,15H2,2-3H3,(H,29,30)/p-1. The molecule has 0 bridgehead atoms. The number of carboxylic acids is 1. The number of rotatable bonds is 11. The molecule has 3 rings (SSSR count). The third kappa shape index (κ3) is 5.46. The van der Waals surface area contributed by atoms with E-state index in [9.17, 15) is 19.5 Å². The molecule has 8 nitrogen and oxygen atoms in total. The molecule has 0 unspecified atom stereocenters. The smallest absolute Gasteiger partial charge is 0.350 e. The second kappa shape index (κ2) is 10.6. The van der Waals surface area contributed by atoms with Gasteiger partial charge in [0.05, 0.1) is 12.6 Å². The number of aliphatic imine (C=N–C) groups is 1. The van der Waals surface area contributed by atoms with Crippen LogP contribution in [0.15, 0.2) is 54.0 Å². The fraction of sp³-hybridized carbons (Fsp3) is 0.280. The first-order valence-electron chi connectivity index (χ1n) is 10.6. The quantitative estimate of drug-likeness (QED) is 0.488. The zero-order valence-electron chi connectivity index (χ0n) is 18.6. The number of allylic oxidation sites excluding steroid dienone is 1. The number of benzene rings is 2. The number of hydrogen-bond acceptors (Lipinski definition) is 6. The number of aromatic carboxylic acids is 1. The molecule has 1 heterocycles. The van der Waals surface area contributed by atoms with Crippen LogP contribution in [-0.4, -0.2) is 41.7 Å². The lowest BCUT2D eigenvalue weighted by Gasteiger charge is -2.18. The Labute approximate surface area is 192 Å². The van der Waals surface area contributed by atoms with Crippen molar-refractivity contribution < 1.29 is 29.0 Å². The van der Waals surface area contributed by atoms with E-state index >= 15 is 0 Å². The van der Waals surface area contributed by atoms with E-state index in [0.29, 0.717) is 24.5 Å². The van der Waals surface area contributed by atoms with Crippen molar-refractivity contribution in [3.05, 3.63) is 71.3 Å². The number of imide groups is 1. The Kier molecular flexibility index (Phi) is 7.61. The zero-order valence-corrected chi connectivity index (χ0v) is 18.6. The summed E-state index contributed by atoms with van der Waals surface area (Å²) in [6.45, 7) is 8.25. The fourth-order valence-corrected chi connectivity index (χ4v) is 3.51. The van der Waals surface area contributed by atoms with Gasteiger partial charge in [-0.1, -0.05) is 36.4 Å². The normalized spacial score (nSPS) is 13.2. The third-order valence-corrected chi connectivity index (χ3v) is 5.07. The summed E-state index contributed by atoms with van der Waals surface area (Å²) in [5.41, 5.74) is 2.63. The number of nitrogens with zero attached hydrogens (tertiary/aromatic N) is 2. The van der Waals surface area contributed by atoms with Crippen LogP contribution in [0.3, 0.4) is 0 Å². The van der Waals surface area contributed by atoms with Crippen LogP contribution in [0.1, 0.15) is 40.9 Å². The average Bonchev–Trinajstić information content (AvgIpc) is 3.06. The van der Waals surface area contributed by atoms with Crippen LogP contribution in [0.25, 0.3) is 0 Å². The maximum Gasteiger partial charge on any atom is 0.350 e. The van der Waals surface area contributed by atoms with Crippen molar-refractivity contribution >= 4 is 23.6 Å². The predicted octanol–water partition coefficient (Wildman–Crippen LogP) is 2.72. The van der Waals surface area contributed by atoms with E-state index in [-0.39, 0.29) is 36.8 Å². The number of ether oxygens (including phenoxy) is 2. The molecule has 8 heteroatoms. The molecule has 0 aromatic heterocycles. The molecule has 0 N–H and O–H groups in total. The molecule has 2 aromatic carbocycles. The summed E-state index contributed by atoms with van der Waals surface area (Å²) in [6, 6.07) is 9.36. The Morgan fingerprint density at radius 1 is 1.12 bits per heavy atom. The van der Waals surface area contributed by atoms with E-state index in [4.69, 9.17) is 9.47 Å². The number of carboxylic acid groups (broad SMARTS) is 1. The van der Waals surface area contributed by atoms with Crippen LogP contribution in [-0.2, 0) is 24.2 Å². The molecular weight excluding hydrogens is 424 g/mol. The molecule has 0 spiro atoms. The lowest BCUT2D eigenvalue weighted by molar-refractivity contribution is -0.255. The number of urea groups is 1. The number of carbonyl (C=O) groups is 3. The van der Waals surface area contributed by atoms with Gasteiger partial charge in [-0.05, 0) is 43.0 Å². The zero-order chi connectivity index (χ0) is 24.0. The van der Waals surface area contributed by atoms with Crippen molar-refractivity contribution in [1.29, 1.82) is 0 Å². The molecule has 1 aliphatic rings. The maximum absolute atomic E-state index is 12.4. The van der Waals surface area contributed by atoms with Gasteiger partial charge in [0.1, 0.15) is 12.3 Å². The van der Waals surface area contributed by atoms with Gasteiger partial charge in [-0.2, -0.15) is 4.99 Å². The van der Waals surface area contributed by atoms with Crippen LogP contribution in [0, 0.1) is 0 Å². The maximum atomic E-state index is 12.4. The first-order chi connectivity index (χ1) is 15.9. The van der Waals surface area contributed by atoms with Crippen LogP contribution in [0.4, 0.5) is 4.79 Å². The van der Waals surface area contributed by atoms with Crippen LogP contribution in [0.5, 0.6) is 11.5 Å². The Hall–Kier alpha value is -3.94. The van der Waals surface area contributed by atoms with Crippen molar-refractivity contribution in [1.82, 2.24) is 4.90 Å². The number of hydrogen-bond donors (Lipinski definition) is 0. The summed E-state index contributed by atoms with van der Waals surface area (Å²) >= 11 is 0. The summed E-state index contributed by atoms with van der Waals surface area (Å²) < 4.78 is 11.9.